The maximum Gasteiger partial charge on any atom is 0.328 e. The minimum absolute atomic E-state index is 0.181. The normalized spacial score (nSPS) is 13.6. The summed E-state index contributed by atoms with van der Waals surface area (Å²) >= 11 is 12.0. The van der Waals surface area contributed by atoms with Gasteiger partial charge in [0.25, 0.3) is 5.91 Å². The molecule has 0 fully saturated rings. The van der Waals surface area contributed by atoms with Crippen molar-refractivity contribution < 1.29 is 23.8 Å². The fraction of sp³-hybridized carbons (Fsp3) is 0.263. The quantitative estimate of drug-likeness (QED) is 0.766. The number of rotatable bonds is 5. The molecule has 1 aliphatic rings. The summed E-state index contributed by atoms with van der Waals surface area (Å²) in [6, 6.07) is 9.00. The first kappa shape index (κ1) is 19.3. The summed E-state index contributed by atoms with van der Waals surface area (Å²) in [4.78, 5) is 24.7. The zero-order valence-corrected chi connectivity index (χ0v) is 16.0. The zero-order chi connectivity index (χ0) is 19.4. The summed E-state index contributed by atoms with van der Waals surface area (Å²) in [6.07, 6.45) is 0.216. The molecule has 0 bridgehead atoms. The summed E-state index contributed by atoms with van der Waals surface area (Å²) in [5.74, 6) is 0.160. The molecular weight excluding hydrogens is 393 g/mol. The number of hydrogen-bond acceptors (Lipinski definition) is 5. The van der Waals surface area contributed by atoms with Crippen molar-refractivity contribution in [3.05, 3.63) is 57.6 Å². The molecule has 2 aromatic carbocycles. The van der Waals surface area contributed by atoms with E-state index in [1.807, 2.05) is 6.07 Å². The highest BCUT2D eigenvalue weighted by atomic mass is 35.5. The Balaban J connectivity index is 1.79. The van der Waals surface area contributed by atoms with Gasteiger partial charge in [0.2, 0.25) is 0 Å². The van der Waals surface area contributed by atoms with Crippen molar-refractivity contribution >= 4 is 35.1 Å². The fourth-order valence-corrected chi connectivity index (χ4v) is 3.07. The van der Waals surface area contributed by atoms with Crippen LogP contribution in [0.25, 0.3) is 0 Å². The molecule has 0 saturated carbocycles. The third kappa shape index (κ3) is 4.64. The fourth-order valence-electron chi connectivity index (χ4n) is 2.69. The lowest BCUT2D eigenvalue weighted by atomic mass is 10.0. The van der Waals surface area contributed by atoms with Crippen molar-refractivity contribution in [3.63, 3.8) is 0 Å². The van der Waals surface area contributed by atoms with Crippen LogP contribution in [0.5, 0.6) is 11.5 Å². The van der Waals surface area contributed by atoms with Gasteiger partial charge in [0.15, 0.2) is 11.5 Å². The smallest absolute Gasteiger partial charge is 0.328 e. The van der Waals surface area contributed by atoms with Crippen LogP contribution in [0.4, 0.5) is 0 Å². The number of amides is 1. The first-order valence-corrected chi connectivity index (χ1v) is 8.96. The highest BCUT2D eigenvalue weighted by molar-refractivity contribution is 6.35. The van der Waals surface area contributed by atoms with Crippen LogP contribution in [-0.2, 0) is 16.0 Å². The van der Waals surface area contributed by atoms with E-state index in [4.69, 9.17) is 37.4 Å². The summed E-state index contributed by atoms with van der Waals surface area (Å²) in [7, 11) is 1.26. The molecule has 1 aliphatic heterocycles. The van der Waals surface area contributed by atoms with Gasteiger partial charge < -0.3 is 19.5 Å². The van der Waals surface area contributed by atoms with Gasteiger partial charge in [-0.25, -0.2) is 4.79 Å². The molecule has 0 saturated heterocycles. The van der Waals surface area contributed by atoms with E-state index in [2.05, 4.69) is 5.32 Å². The number of fused-ring (bicyclic) bond motifs is 1. The van der Waals surface area contributed by atoms with E-state index in [0.29, 0.717) is 29.7 Å². The topological polar surface area (TPSA) is 73.9 Å². The van der Waals surface area contributed by atoms with Gasteiger partial charge in [0, 0.05) is 11.4 Å². The van der Waals surface area contributed by atoms with E-state index >= 15 is 0 Å². The van der Waals surface area contributed by atoms with E-state index in [1.54, 1.807) is 18.2 Å². The molecule has 3 rings (SSSR count). The Morgan fingerprint density at radius 1 is 1.11 bits per heavy atom. The lowest BCUT2D eigenvalue weighted by Crippen LogP contribution is -2.43. The van der Waals surface area contributed by atoms with E-state index in [9.17, 15) is 9.59 Å². The van der Waals surface area contributed by atoms with Gasteiger partial charge in [0.05, 0.1) is 17.7 Å². The predicted molar refractivity (Wildman–Crippen MR) is 101 cm³/mol. The second-order valence-electron chi connectivity index (χ2n) is 5.86. The zero-order valence-electron chi connectivity index (χ0n) is 14.5. The van der Waals surface area contributed by atoms with Crippen molar-refractivity contribution in [2.75, 3.05) is 20.3 Å². The van der Waals surface area contributed by atoms with Crippen LogP contribution < -0.4 is 14.8 Å². The van der Waals surface area contributed by atoms with Gasteiger partial charge in [-0.15, -0.1) is 0 Å². The first-order chi connectivity index (χ1) is 13.0. The average Bonchev–Trinajstić information content (AvgIpc) is 2.68. The summed E-state index contributed by atoms with van der Waals surface area (Å²) in [5, 5.41) is 3.25. The Bertz CT molecular complexity index is 871. The molecular formula is C19H17Cl2NO5. The van der Waals surface area contributed by atoms with Crippen LogP contribution in [0.1, 0.15) is 15.9 Å². The van der Waals surface area contributed by atoms with Gasteiger partial charge in [-0.3, -0.25) is 4.79 Å². The summed E-state index contributed by atoms with van der Waals surface area (Å²) in [5.41, 5.74) is 0.965. The Hall–Kier alpha value is -2.44. The molecule has 1 heterocycles. The van der Waals surface area contributed by atoms with Crippen molar-refractivity contribution in [1.82, 2.24) is 5.32 Å². The summed E-state index contributed by atoms with van der Waals surface area (Å²) < 4.78 is 15.9. The predicted octanol–water partition coefficient (Wildman–Crippen LogP) is 3.28. The highest BCUT2D eigenvalue weighted by Crippen LogP contribution is 2.31. The number of esters is 1. The molecule has 0 unspecified atom stereocenters. The molecule has 0 aliphatic carbocycles. The van der Waals surface area contributed by atoms with Crippen LogP contribution in [0, 0.1) is 0 Å². The minimum atomic E-state index is -0.903. The van der Waals surface area contributed by atoms with E-state index in [0.717, 1.165) is 5.56 Å². The first-order valence-electron chi connectivity index (χ1n) is 8.20. The lowest BCUT2D eigenvalue weighted by Gasteiger charge is -2.21. The third-order valence-electron chi connectivity index (χ3n) is 4.01. The van der Waals surface area contributed by atoms with Gasteiger partial charge in [-0.2, -0.15) is 0 Å². The minimum Gasteiger partial charge on any atom is -0.486 e. The average molecular weight is 410 g/mol. The highest BCUT2D eigenvalue weighted by Gasteiger charge is 2.24. The number of nitrogens with one attached hydrogen (secondary N) is 1. The van der Waals surface area contributed by atoms with Gasteiger partial charge in [-0.1, -0.05) is 29.3 Å². The van der Waals surface area contributed by atoms with Gasteiger partial charge >= 0.3 is 5.97 Å². The number of benzene rings is 2. The van der Waals surface area contributed by atoms with Crippen LogP contribution in [0.3, 0.4) is 0 Å². The van der Waals surface area contributed by atoms with Crippen LogP contribution >= 0.6 is 23.2 Å². The SMILES string of the molecule is COC(=O)[C@H](Cc1ccc2c(c1)OCCO2)NC(=O)c1cc(Cl)ccc1Cl. The molecule has 2 aromatic rings. The largest absolute Gasteiger partial charge is 0.486 e. The maximum absolute atomic E-state index is 12.6. The second kappa shape index (κ2) is 8.50. The Kier molecular flexibility index (Phi) is 6.08. The molecule has 142 valence electrons. The van der Waals surface area contributed by atoms with E-state index in [-0.39, 0.29) is 17.0 Å². The van der Waals surface area contributed by atoms with Crippen molar-refractivity contribution in [3.8, 4) is 11.5 Å². The van der Waals surface area contributed by atoms with E-state index < -0.39 is 17.9 Å². The number of ether oxygens (including phenoxy) is 3. The van der Waals surface area contributed by atoms with E-state index in [1.165, 1.54) is 19.2 Å². The number of carbonyl (C=O) groups excluding carboxylic acids is 2. The third-order valence-corrected chi connectivity index (χ3v) is 4.58. The number of methoxy groups -OCH3 is 1. The molecule has 1 amide bonds. The number of carbonyl (C=O) groups is 2. The van der Waals surface area contributed by atoms with Crippen LogP contribution in [0.2, 0.25) is 10.0 Å². The molecule has 1 N–H and O–H groups in total. The van der Waals surface area contributed by atoms with Crippen LogP contribution in [-0.4, -0.2) is 38.2 Å². The van der Waals surface area contributed by atoms with Crippen molar-refractivity contribution in [2.45, 2.75) is 12.5 Å². The number of halogens is 2. The van der Waals surface area contributed by atoms with Crippen molar-refractivity contribution in [1.29, 1.82) is 0 Å². The Labute approximate surface area is 166 Å². The van der Waals surface area contributed by atoms with Gasteiger partial charge in [0.1, 0.15) is 19.3 Å². The standard InChI is InChI=1S/C19H17Cl2NO5/c1-25-19(24)15(22-18(23)13-10-12(20)3-4-14(13)21)8-11-2-5-16-17(9-11)27-7-6-26-16/h2-5,9-10,15H,6-8H2,1H3,(H,22,23)/t15-/m0/s1. The molecule has 1 atom stereocenters. The number of hydrogen-bond donors (Lipinski definition) is 1. The monoisotopic (exact) mass is 409 g/mol. The summed E-state index contributed by atoms with van der Waals surface area (Å²) in [6.45, 7) is 0.953. The molecule has 0 aromatic heterocycles. The molecule has 8 heteroatoms. The molecule has 27 heavy (non-hydrogen) atoms. The molecule has 6 nitrogen and oxygen atoms in total. The second-order valence-corrected chi connectivity index (χ2v) is 6.70. The maximum atomic E-state index is 12.6. The lowest BCUT2D eigenvalue weighted by molar-refractivity contribution is -0.142. The molecule has 0 radical (unpaired) electrons. The molecule has 0 spiro atoms. The Morgan fingerprint density at radius 2 is 1.85 bits per heavy atom. The van der Waals surface area contributed by atoms with Gasteiger partial charge in [-0.05, 0) is 35.9 Å². The Morgan fingerprint density at radius 3 is 2.59 bits per heavy atom. The van der Waals surface area contributed by atoms with Crippen molar-refractivity contribution in [2.24, 2.45) is 0 Å². The van der Waals surface area contributed by atoms with Crippen LogP contribution in [0.15, 0.2) is 36.4 Å².